The minimum absolute atomic E-state index is 0.267. The quantitative estimate of drug-likeness (QED) is 0.802. The molecule has 0 aliphatic rings. The summed E-state index contributed by atoms with van der Waals surface area (Å²) in [4.78, 5) is 24.6. The fourth-order valence-electron chi connectivity index (χ4n) is 2.26. The van der Waals surface area contributed by atoms with Crippen molar-refractivity contribution < 1.29 is 14.3 Å². The van der Waals surface area contributed by atoms with E-state index in [4.69, 9.17) is 4.74 Å². The van der Waals surface area contributed by atoms with Crippen LogP contribution in [0.3, 0.4) is 0 Å². The summed E-state index contributed by atoms with van der Waals surface area (Å²) in [7, 11) is 1.58. The van der Waals surface area contributed by atoms with Crippen molar-refractivity contribution in [2.45, 2.75) is 6.92 Å². The van der Waals surface area contributed by atoms with Gasteiger partial charge in [0.1, 0.15) is 5.75 Å². The van der Waals surface area contributed by atoms with Gasteiger partial charge in [0.25, 0.3) is 11.8 Å². The van der Waals surface area contributed by atoms with Crippen LogP contribution in [0, 0.1) is 6.92 Å². The van der Waals surface area contributed by atoms with Crippen molar-refractivity contribution >= 4 is 17.5 Å². The number of carbonyl (C=O) groups excluding carboxylic acids is 2. The predicted molar refractivity (Wildman–Crippen MR) is 94.7 cm³/mol. The van der Waals surface area contributed by atoms with Gasteiger partial charge in [-0.2, -0.15) is 0 Å². The summed E-state index contributed by atoms with van der Waals surface area (Å²) in [6, 6.07) is 12.0. The van der Waals surface area contributed by atoms with E-state index in [1.807, 2.05) is 6.92 Å². The highest BCUT2D eigenvalue weighted by Gasteiger charge is 2.14. The number of benzene rings is 2. The summed E-state index contributed by atoms with van der Waals surface area (Å²) < 4.78 is 5.19. The first-order valence-electron chi connectivity index (χ1n) is 7.51. The normalized spacial score (nSPS) is 9.92. The van der Waals surface area contributed by atoms with Crippen LogP contribution < -0.4 is 15.4 Å². The maximum Gasteiger partial charge on any atom is 0.255 e. The molecule has 0 heterocycles. The second-order valence-electron chi connectivity index (χ2n) is 5.18. The molecule has 0 bridgehead atoms. The third-order valence-electron chi connectivity index (χ3n) is 3.48. The lowest BCUT2D eigenvalue weighted by Gasteiger charge is -2.12. The Hall–Kier alpha value is -3.08. The summed E-state index contributed by atoms with van der Waals surface area (Å²) in [5, 5.41) is 5.48. The number of aryl methyl sites for hydroxylation is 1. The van der Waals surface area contributed by atoms with Gasteiger partial charge in [-0.25, -0.2) is 0 Å². The first-order chi connectivity index (χ1) is 11.6. The number of ether oxygens (including phenoxy) is 1. The molecule has 24 heavy (non-hydrogen) atoms. The van der Waals surface area contributed by atoms with Crippen molar-refractivity contribution in [3.05, 3.63) is 71.8 Å². The summed E-state index contributed by atoms with van der Waals surface area (Å²) in [6.45, 7) is 5.79. The zero-order valence-corrected chi connectivity index (χ0v) is 13.8. The maximum atomic E-state index is 12.5. The van der Waals surface area contributed by atoms with Gasteiger partial charge in [0.2, 0.25) is 0 Å². The number of para-hydroxylation sites is 1. The Morgan fingerprint density at radius 1 is 1.17 bits per heavy atom. The lowest BCUT2D eigenvalue weighted by molar-refractivity contribution is 0.0959. The summed E-state index contributed by atoms with van der Waals surface area (Å²) in [5.41, 5.74) is 2.22. The first-order valence-corrected chi connectivity index (χ1v) is 7.51. The number of hydrogen-bond donors (Lipinski definition) is 2. The van der Waals surface area contributed by atoms with Crippen molar-refractivity contribution in [3.63, 3.8) is 0 Å². The van der Waals surface area contributed by atoms with Crippen molar-refractivity contribution in [3.8, 4) is 5.75 Å². The van der Waals surface area contributed by atoms with E-state index < -0.39 is 0 Å². The number of anilines is 1. The molecule has 0 aliphatic heterocycles. The third kappa shape index (κ3) is 4.01. The van der Waals surface area contributed by atoms with E-state index in [0.29, 0.717) is 23.4 Å². The number of methoxy groups -OCH3 is 1. The Bertz CT molecular complexity index is 769. The highest BCUT2D eigenvalue weighted by Crippen LogP contribution is 2.20. The zero-order chi connectivity index (χ0) is 17.5. The van der Waals surface area contributed by atoms with Crippen LogP contribution in [0.1, 0.15) is 26.3 Å². The number of rotatable bonds is 6. The van der Waals surface area contributed by atoms with E-state index in [9.17, 15) is 9.59 Å². The Balaban J connectivity index is 2.21. The molecule has 0 atom stereocenters. The fourth-order valence-corrected chi connectivity index (χ4v) is 2.26. The number of nitrogens with one attached hydrogen (secondary N) is 2. The van der Waals surface area contributed by atoms with Crippen LogP contribution in [0.25, 0.3) is 0 Å². The molecule has 0 radical (unpaired) electrons. The van der Waals surface area contributed by atoms with Gasteiger partial charge in [-0.3, -0.25) is 9.59 Å². The molecule has 2 amide bonds. The second kappa shape index (κ2) is 7.97. The molecular weight excluding hydrogens is 304 g/mol. The minimum atomic E-state index is -0.287. The molecule has 5 heteroatoms. The number of hydrogen-bond acceptors (Lipinski definition) is 3. The topological polar surface area (TPSA) is 67.4 Å². The Morgan fingerprint density at radius 2 is 1.92 bits per heavy atom. The number of amides is 2. The van der Waals surface area contributed by atoms with E-state index in [0.717, 1.165) is 11.3 Å². The summed E-state index contributed by atoms with van der Waals surface area (Å²) in [5.74, 6) is 0.164. The van der Waals surface area contributed by atoms with Gasteiger partial charge in [-0.15, -0.1) is 6.58 Å². The van der Waals surface area contributed by atoms with E-state index in [1.54, 1.807) is 55.7 Å². The summed E-state index contributed by atoms with van der Waals surface area (Å²) in [6.07, 6.45) is 1.60. The van der Waals surface area contributed by atoms with Crippen LogP contribution in [-0.4, -0.2) is 25.5 Å². The Morgan fingerprint density at radius 3 is 2.58 bits per heavy atom. The van der Waals surface area contributed by atoms with Gasteiger partial charge in [0, 0.05) is 12.1 Å². The van der Waals surface area contributed by atoms with Crippen LogP contribution in [0.15, 0.2) is 55.1 Å². The average molecular weight is 324 g/mol. The van der Waals surface area contributed by atoms with Crippen LogP contribution in [0.4, 0.5) is 5.69 Å². The highest BCUT2D eigenvalue weighted by molar-refractivity contribution is 6.09. The van der Waals surface area contributed by atoms with Gasteiger partial charge in [0.05, 0.1) is 18.4 Å². The van der Waals surface area contributed by atoms with E-state index >= 15 is 0 Å². The molecule has 0 aromatic heterocycles. The molecule has 5 nitrogen and oxygen atoms in total. The van der Waals surface area contributed by atoms with Crippen molar-refractivity contribution in [2.24, 2.45) is 0 Å². The molecule has 0 unspecified atom stereocenters. The van der Waals surface area contributed by atoms with Crippen molar-refractivity contribution in [1.29, 1.82) is 0 Å². The van der Waals surface area contributed by atoms with Crippen LogP contribution in [0.5, 0.6) is 5.75 Å². The molecule has 0 spiro atoms. The molecule has 0 saturated heterocycles. The lowest BCUT2D eigenvalue weighted by Crippen LogP contribution is -2.25. The van der Waals surface area contributed by atoms with E-state index in [1.165, 1.54) is 0 Å². The van der Waals surface area contributed by atoms with Gasteiger partial charge in [0.15, 0.2) is 0 Å². The van der Waals surface area contributed by atoms with Gasteiger partial charge >= 0.3 is 0 Å². The minimum Gasteiger partial charge on any atom is -0.496 e. The summed E-state index contributed by atoms with van der Waals surface area (Å²) >= 11 is 0. The molecular formula is C19H20N2O3. The van der Waals surface area contributed by atoms with Crippen LogP contribution in [-0.2, 0) is 0 Å². The predicted octanol–water partition coefficient (Wildman–Crippen LogP) is 3.17. The molecule has 2 aromatic carbocycles. The smallest absolute Gasteiger partial charge is 0.255 e. The zero-order valence-electron chi connectivity index (χ0n) is 13.8. The molecule has 124 valence electrons. The largest absolute Gasteiger partial charge is 0.496 e. The standard InChI is InChI=1S/C19H20N2O3/c1-4-11-20-19(23)15-7-5-6-8-16(15)21-18(22)14-9-10-17(24-3)13(2)12-14/h4-10,12H,1,11H2,2-3H3,(H,20,23)(H,21,22). The van der Waals surface area contributed by atoms with E-state index in [2.05, 4.69) is 17.2 Å². The maximum absolute atomic E-state index is 12.5. The van der Waals surface area contributed by atoms with Crippen molar-refractivity contribution in [1.82, 2.24) is 5.32 Å². The second-order valence-corrected chi connectivity index (χ2v) is 5.18. The van der Waals surface area contributed by atoms with Gasteiger partial charge in [-0.1, -0.05) is 18.2 Å². The molecule has 2 aromatic rings. The molecule has 0 aliphatic carbocycles. The van der Waals surface area contributed by atoms with Gasteiger partial charge < -0.3 is 15.4 Å². The lowest BCUT2D eigenvalue weighted by atomic mass is 10.1. The Kier molecular flexibility index (Phi) is 5.73. The molecule has 0 saturated carbocycles. The average Bonchev–Trinajstić information content (AvgIpc) is 2.60. The van der Waals surface area contributed by atoms with Crippen molar-refractivity contribution in [2.75, 3.05) is 19.0 Å². The Labute approximate surface area is 141 Å². The van der Waals surface area contributed by atoms with E-state index in [-0.39, 0.29) is 11.8 Å². The fraction of sp³-hybridized carbons (Fsp3) is 0.158. The SMILES string of the molecule is C=CCNC(=O)c1ccccc1NC(=O)c1ccc(OC)c(C)c1. The third-order valence-corrected chi connectivity index (χ3v) is 3.48. The monoisotopic (exact) mass is 324 g/mol. The molecule has 2 N–H and O–H groups in total. The molecule has 0 fully saturated rings. The number of carbonyl (C=O) groups is 2. The molecule has 2 rings (SSSR count). The van der Waals surface area contributed by atoms with Crippen LogP contribution >= 0.6 is 0 Å². The van der Waals surface area contributed by atoms with Gasteiger partial charge in [-0.05, 0) is 42.8 Å². The van der Waals surface area contributed by atoms with Crippen LogP contribution in [0.2, 0.25) is 0 Å². The first kappa shape index (κ1) is 17.3. The highest BCUT2D eigenvalue weighted by atomic mass is 16.5.